The highest BCUT2D eigenvalue weighted by molar-refractivity contribution is 6.08. The van der Waals surface area contributed by atoms with Crippen molar-refractivity contribution in [2.45, 2.75) is 12.2 Å². The van der Waals surface area contributed by atoms with E-state index in [0.29, 0.717) is 0 Å². The smallest absolute Gasteiger partial charge is 0.138 e. The number of furan rings is 1. The van der Waals surface area contributed by atoms with E-state index in [1.807, 2.05) is 12.1 Å². The van der Waals surface area contributed by atoms with Crippen molar-refractivity contribution in [3.63, 3.8) is 0 Å². The summed E-state index contributed by atoms with van der Waals surface area (Å²) in [6.07, 6.45) is 0.153. The Bertz CT molecular complexity index is 2070. The van der Waals surface area contributed by atoms with E-state index >= 15 is 0 Å². The zero-order valence-corrected chi connectivity index (χ0v) is 21.7. The fraction of sp³-hybridized carbons (Fsp3) is 0.0556. The molecule has 1 aromatic heterocycles. The minimum atomic E-state index is 0.134. The maximum atomic E-state index is 6.30. The van der Waals surface area contributed by atoms with Gasteiger partial charge in [-0.15, -0.1) is 5.12 Å². The number of anilines is 1. The van der Waals surface area contributed by atoms with Gasteiger partial charge in [-0.2, -0.15) is 5.01 Å². The number of nitrogens with zero attached hydrogens (tertiary/aromatic N) is 2. The second-order valence-electron chi connectivity index (χ2n) is 10.7. The van der Waals surface area contributed by atoms with Gasteiger partial charge >= 0.3 is 0 Å². The van der Waals surface area contributed by atoms with Gasteiger partial charge in [0.15, 0.2) is 0 Å². The lowest BCUT2D eigenvalue weighted by molar-refractivity contribution is 0.303. The largest absolute Gasteiger partial charge is 0.456 e. The maximum Gasteiger partial charge on any atom is 0.138 e. The first-order valence-corrected chi connectivity index (χ1v) is 13.8. The van der Waals surface area contributed by atoms with E-state index in [1.54, 1.807) is 0 Å². The summed E-state index contributed by atoms with van der Waals surface area (Å²) in [5, 5.41) is 9.62. The van der Waals surface area contributed by atoms with Gasteiger partial charge in [0.2, 0.25) is 0 Å². The molecule has 1 saturated heterocycles. The van der Waals surface area contributed by atoms with Gasteiger partial charge in [0.05, 0.1) is 11.7 Å². The molecule has 0 amide bonds. The summed E-state index contributed by atoms with van der Waals surface area (Å²) >= 11 is 0. The predicted molar refractivity (Wildman–Crippen MR) is 161 cm³/mol. The highest BCUT2D eigenvalue weighted by Gasteiger charge is 2.59. The van der Waals surface area contributed by atoms with Crippen LogP contribution in [0.25, 0.3) is 43.8 Å². The summed E-state index contributed by atoms with van der Waals surface area (Å²) in [6, 6.07) is 47.6. The third-order valence-electron chi connectivity index (χ3n) is 8.45. The molecule has 0 bridgehead atoms. The molecule has 0 saturated carbocycles. The van der Waals surface area contributed by atoms with Crippen molar-refractivity contribution in [2.75, 3.05) is 5.43 Å². The van der Waals surface area contributed by atoms with E-state index in [1.165, 1.54) is 33.0 Å². The summed E-state index contributed by atoms with van der Waals surface area (Å²) < 4.78 is 6.30. The van der Waals surface area contributed by atoms with Crippen molar-refractivity contribution in [3.8, 4) is 11.1 Å². The van der Waals surface area contributed by atoms with E-state index < -0.39 is 0 Å². The Hall–Kier alpha value is -4.90. The molecule has 2 aliphatic heterocycles. The molecule has 4 nitrogen and oxygen atoms in total. The van der Waals surface area contributed by atoms with Crippen LogP contribution in [0.3, 0.4) is 0 Å². The fourth-order valence-electron chi connectivity index (χ4n) is 6.62. The van der Waals surface area contributed by atoms with Gasteiger partial charge in [-0.1, -0.05) is 115 Å². The van der Waals surface area contributed by atoms with Gasteiger partial charge in [-0.25, -0.2) is 0 Å². The number of nitrogens with one attached hydrogen (secondary N) is 1. The quantitative estimate of drug-likeness (QED) is 0.237. The van der Waals surface area contributed by atoms with Gasteiger partial charge in [0, 0.05) is 22.4 Å². The number of hydrogen-bond acceptors (Lipinski definition) is 4. The minimum absolute atomic E-state index is 0.134. The lowest BCUT2D eigenvalue weighted by Gasteiger charge is -2.23. The van der Waals surface area contributed by atoms with Crippen LogP contribution in [0.2, 0.25) is 0 Å². The van der Waals surface area contributed by atoms with Gasteiger partial charge in [-0.3, -0.25) is 0 Å². The summed E-state index contributed by atoms with van der Waals surface area (Å²) in [6.45, 7) is 0. The average Bonchev–Trinajstić information content (AvgIpc) is 3.40. The first-order valence-electron chi connectivity index (χ1n) is 13.8. The normalized spacial score (nSPS) is 21.0. The summed E-state index contributed by atoms with van der Waals surface area (Å²) in [4.78, 5) is 0. The van der Waals surface area contributed by atoms with Crippen LogP contribution >= 0.6 is 0 Å². The van der Waals surface area contributed by atoms with E-state index in [4.69, 9.17) is 4.42 Å². The molecule has 0 radical (unpaired) electrons. The zero-order chi connectivity index (χ0) is 26.2. The van der Waals surface area contributed by atoms with E-state index in [-0.39, 0.29) is 12.2 Å². The molecule has 0 spiro atoms. The van der Waals surface area contributed by atoms with Gasteiger partial charge in [0.1, 0.15) is 17.3 Å². The highest BCUT2D eigenvalue weighted by atomic mass is 16.3. The van der Waals surface area contributed by atoms with Crippen LogP contribution in [-0.4, -0.2) is 10.1 Å². The van der Waals surface area contributed by atoms with Crippen LogP contribution in [0.1, 0.15) is 28.9 Å². The maximum absolute atomic E-state index is 6.30. The number of hydrogen-bond donors (Lipinski definition) is 1. The van der Waals surface area contributed by atoms with Crippen LogP contribution < -0.4 is 5.43 Å². The van der Waals surface area contributed by atoms with E-state index in [2.05, 4.69) is 137 Å². The number of rotatable bonds is 4. The van der Waals surface area contributed by atoms with Crippen LogP contribution in [0.5, 0.6) is 0 Å². The molecule has 2 aliphatic rings. The predicted octanol–water partition coefficient (Wildman–Crippen LogP) is 9.07. The molecule has 1 N–H and O–H groups in total. The fourth-order valence-corrected chi connectivity index (χ4v) is 6.62. The van der Waals surface area contributed by atoms with Crippen molar-refractivity contribution in [1.82, 2.24) is 10.1 Å². The monoisotopic (exact) mass is 515 g/mol. The van der Waals surface area contributed by atoms with Gasteiger partial charge < -0.3 is 9.84 Å². The molecule has 9 rings (SSSR count). The number of fused-ring (bicyclic) bond motifs is 8. The van der Waals surface area contributed by atoms with Gasteiger partial charge in [0.25, 0.3) is 0 Å². The van der Waals surface area contributed by atoms with Crippen molar-refractivity contribution >= 4 is 38.4 Å². The second kappa shape index (κ2) is 8.30. The van der Waals surface area contributed by atoms with Crippen molar-refractivity contribution in [1.29, 1.82) is 0 Å². The highest BCUT2D eigenvalue weighted by Crippen LogP contribution is 2.60. The summed E-state index contributed by atoms with van der Waals surface area (Å²) in [5.74, 6) is 0. The topological polar surface area (TPSA) is 31.2 Å². The third-order valence-corrected chi connectivity index (χ3v) is 8.45. The number of hydrazine groups is 2. The molecule has 40 heavy (non-hydrogen) atoms. The van der Waals surface area contributed by atoms with Crippen LogP contribution in [-0.2, 0) is 0 Å². The lowest BCUT2D eigenvalue weighted by Crippen LogP contribution is -2.21. The summed E-state index contributed by atoms with van der Waals surface area (Å²) in [5.41, 5.74) is 13.0. The SMILES string of the molecule is c1ccc(-c2cc3c(cc2N[N@]2C4c5ccc6ccccc6c5C(c5ccccc5)N42)oc2ccccc23)cc1. The van der Waals surface area contributed by atoms with E-state index in [0.717, 1.165) is 33.2 Å². The average molecular weight is 516 g/mol. The van der Waals surface area contributed by atoms with Gasteiger partial charge in [-0.05, 0) is 45.2 Å². The van der Waals surface area contributed by atoms with E-state index in [9.17, 15) is 0 Å². The van der Waals surface area contributed by atoms with Crippen molar-refractivity contribution in [2.24, 2.45) is 0 Å². The molecule has 1 fully saturated rings. The molecule has 3 heterocycles. The Morgan fingerprint density at radius 1 is 0.600 bits per heavy atom. The molecule has 0 aliphatic carbocycles. The van der Waals surface area contributed by atoms with Crippen molar-refractivity contribution < 1.29 is 4.42 Å². The Kier molecular flexibility index (Phi) is 4.56. The minimum Gasteiger partial charge on any atom is -0.456 e. The Labute approximate surface area is 231 Å². The van der Waals surface area contributed by atoms with Crippen LogP contribution in [0, 0.1) is 0 Å². The molecule has 4 heteroatoms. The molecular formula is C36H25N3O. The summed E-state index contributed by atoms with van der Waals surface area (Å²) in [7, 11) is 0. The second-order valence-corrected chi connectivity index (χ2v) is 10.7. The molecule has 3 unspecified atom stereocenters. The lowest BCUT2D eigenvalue weighted by atomic mass is 9.92. The Morgan fingerprint density at radius 2 is 1.32 bits per heavy atom. The molecule has 4 atom stereocenters. The first-order chi connectivity index (χ1) is 19.8. The molecule has 6 aromatic carbocycles. The molecular weight excluding hydrogens is 490 g/mol. The van der Waals surface area contributed by atoms with Crippen molar-refractivity contribution in [3.05, 3.63) is 150 Å². The van der Waals surface area contributed by atoms with Crippen LogP contribution in [0.15, 0.2) is 138 Å². The number of para-hydroxylation sites is 1. The standard InChI is InChI=1S/C36H25N3O/c1-3-11-23(12-4-1)29-21-30-27-17-9-10-18-32(27)40-33(30)22-31(29)37-39-36-28-20-19-24-13-7-8-16-26(24)34(28)35(38(36)39)25-14-5-2-6-15-25/h1-22,35-37H/t35?,36?,38?,39-/m0/s1. The third kappa shape index (κ3) is 3.15. The Morgan fingerprint density at radius 3 is 2.17 bits per heavy atom. The first kappa shape index (κ1) is 22.0. The van der Waals surface area contributed by atoms with Crippen LogP contribution in [0.4, 0.5) is 5.69 Å². The zero-order valence-electron chi connectivity index (χ0n) is 21.7. The molecule has 190 valence electrons. The Balaban J connectivity index is 1.19. The number of benzene rings is 6. The molecule has 7 aromatic rings.